The number of amides is 2. The van der Waals surface area contributed by atoms with Gasteiger partial charge in [0.15, 0.2) is 0 Å². The molecule has 1 aromatic heterocycles. The fourth-order valence-electron chi connectivity index (χ4n) is 2.75. The van der Waals surface area contributed by atoms with Gasteiger partial charge < -0.3 is 15.4 Å². The summed E-state index contributed by atoms with van der Waals surface area (Å²) in [6.07, 6.45) is 4.55. The molecular formula is C19H21N3O3. The number of carbonyl (C=O) groups is 2. The van der Waals surface area contributed by atoms with Gasteiger partial charge in [-0.3, -0.25) is 14.6 Å². The van der Waals surface area contributed by atoms with Crippen LogP contribution >= 0.6 is 0 Å². The number of benzene rings is 1. The highest BCUT2D eigenvalue weighted by molar-refractivity contribution is 5.97. The monoisotopic (exact) mass is 339 g/mol. The van der Waals surface area contributed by atoms with E-state index in [0.29, 0.717) is 25.2 Å². The molecule has 2 atom stereocenters. The molecule has 2 aromatic rings. The Morgan fingerprint density at radius 3 is 2.72 bits per heavy atom. The Morgan fingerprint density at radius 1 is 1.20 bits per heavy atom. The van der Waals surface area contributed by atoms with Gasteiger partial charge in [0.25, 0.3) is 5.91 Å². The van der Waals surface area contributed by atoms with Crippen molar-refractivity contribution in [2.24, 2.45) is 0 Å². The highest BCUT2D eigenvalue weighted by Gasteiger charge is 2.25. The Kier molecular flexibility index (Phi) is 5.74. The lowest BCUT2D eigenvalue weighted by Crippen LogP contribution is -2.50. The molecule has 1 aliphatic heterocycles. The van der Waals surface area contributed by atoms with Gasteiger partial charge in [-0.2, -0.15) is 0 Å². The zero-order valence-corrected chi connectivity index (χ0v) is 13.9. The second kappa shape index (κ2) is 8.39. The van der Waals surface area contributed by atoms with Crippen LogP contribution in [-0.4, -0.2) is 42.1 Å². The summed E-state index contributed by atoms with van der Waals surface area (Å²) in [6, 6.07) is 11.9. The van der Waals surface area contributed by atoms with Crippen LogP contribution in [0.1, 0.15) is 22.3 Å². The third-order valence-corrected chi connectivity index (χ3v) is 4.10. The topological polar surface area (TPSA) is 80.3 Å². The molecule has 130 valence electrons. The molecule has 2 N–H and O–H groups in total. The van der Waals surface area contributed by atoms with Crippen molar-refractivity contribution in [1.29, 1.82) is 0 Å². The Hall–Kier alpha value is -2.73. The van der Waals surface area contributed by atoms with Crippen molar-refractivity contribution in [3.8, 4) is 0 Å². The van der Waals surface area contributed by atoms with E-state index >= 15 is 0 Å². The SMILES string of the molecule is O=C(NC(Cc1cccnc1)C(=O)NC1CCOC1)c1ccccc1. The predicted molar refractivity (Wildman–Crippen MR) is 93.0 cm³/mol. The van der Waals surface area contributed by atoms with Gasteiger partial charge >= 0.3 is 0 Å². The Bertz CT molecular complexity index is 700. The maximum absolute atomic E-state index is 12.7. The highest BCUT2D eigenvalue weighted by atomic mass is 16.5. The molecule has 0 aliphatic carbocycles. The molecule has 2 unspecified atom stereocenters. The van der Waals surface area contributed by atoms with E-state index in [1.165, 1.54) is 0 Å². The van der Waals surface area contributed by atoms with E-state index in [0.717, 1.165) is 12.0 Å². The van der Waals surface area contributed by atoms with Crippen LogP contribution in [0.3, 0.4) is 0 Å². The molecule has 3 rings (SSSR count). The van der Waals surface area contributed by atoms with Crippen molar-refractivity contribution in [1.82, 2.24) is 15.6 Å². The third kappa shape index (κ3) is 4.87. The quantitative estimate of drug-likeness (QED) is 0.832. The molecule has 1 aliphatic rings. The number of nitrogens with zero attached hydrogens (tertiary/aromatic N) is 1. The van der Waals surface area contributed by atoms with E-state index in [-0.39, 0.29) is 17.9 Å². The second-order valence-corrected chi connectivity index (χ2v) is 6.03. The first-order valence-electron chi connectivity index (χ1n) is 8.35. The van der Waals surface area contributed by atoms with Gasteiger partial charge in [-0.25, -0.2) is 0 Å². The minimum atomic E-state index is -0.669. The maximum atomic E-state index is 12.7. The number of hydrogen-bond donors (Lipinski definition) is 2. The molecule has 0 saturated carbocycles. The summed E-state index contributed by atoms with van der Waals surface area (Å²) < 4.78 is 5.29. The van der Waals surface area contributed by atoms with Gasteiger partial charge in [0.1, 0.15) is 6.04 Å². The van der Waals surface area contributed by atoms with Crippen molar-refractivity contribution in [2.45, 2.75) is 24.9 Å². The summed E-state index contributed by atoms with van der Waals surface area (Å²) in [7, 11) is 0. The predicted octanol–water partition coefficient (Wildman–Crippen LogP) is 1.33. The fourth-order valence-corrected chi connectivity index (χ4v) is 2.75. The molecular weight excluding hydrogens is 318 g/mol. The van der Waals surface area contributed by atoms with Crippen LogP contribution in [0.4, 0.5) is 0 Å². The molecule has 1 aromatic carbocycles. The lowest BCUT2D eigenvalue weighted by molar-refractivity contribution is -0.123. The van der Waals surface area contributed by atoms with Crippen LogP contribution < -0.4 is 10.6 Å². The summed E-state index contributed by atoms with van der Waals surface area (Å²) in [4.78, 5) is 29.2. The summed E-state index contributed by atoms with van der Waals surface area (Å²) in [5.74, 6) is -0.476. The van der Waals surface area contributed by atoms with Crippen molar-refractivity contribution in [2.75, 3.05) is 13.2 Å². The Labute approximate surface area is 146 Å². The zero-order valence-electron chi connectivity index (χ0n) is 13.9. The van der Waals surface area contributed by atoms with E-state index in [4.69, 9.17) is 4.74 Å². The van der Waals surface area contributed by atoms with Gasteiger partial charge in [-0.1, -0.05) is 24.3 Å². The highest BCUT2D eigenvalue weighted by Crippen LogP contribution is 2.07. The van der Waals surface area contributed by atoms with Crippen LogP contribution in [-0.2, 0) is 16.0 Å². The van der Waals surface area contributed by atoms with E-state index in [1.807, 2.05) is 18.2 Å². The standard InChI is InChI=1S/C19H21N3O3/c23-18(15-6-2-1-3-7-15)22-17(11-14-5-4-9-20-12-14)19(24)21-16-8-10-25-13-16/h1-7,9,12,16-17H,8,10-11,13H2,(H,21,24)(H,22,23). The molecule has 1 saturated heterocycles. The number of nitrogens with one attached hydrogen (secondary N) is 2. The molecule has 0 radical (unpaired) electrons. The number of aromatic nitrogens is 1. The summed E-state index contributed by atoms with van der Waals surface area (Å²) in [5.41, 5.74) is 1.41. The second-order valence-electron chi connectivity index (χ2n) is 6.03. The third-order valence-electron chi connectivity index (χ3n) is 4.10. The maximum Gasteiger partial charge on any atom is 0.251 e. The van der Waals surface area contributed by atoms with Gasteiger partial charge in [-0.05, 0) is 30.2 Å². The van der Waals surface area contributed by atoms with Crippen LogP contribution in [0.2, 0.25) is 0 Å². The lowest BCUT2D eigenvalue weighted by Gasteiger charge is -2.20. The number of carbonyl (C=O) groups excluding carboxylic acids is 2. The van der Waals surface area contributed by atoms with Gasteiger partial charge in [0.05, 0.1) is 12.6 Å². The molecule has 2 amide bonds. The number of rotatable bonds is 6. The molecule has 2 heterocycles. The summed E-state index contributed by atoms with van der Waals surface area (Å²) in [6.45, 7) is 1.16. The van der Waals surface area contributed by atoms with Crippen LogP contribution in [0.5, 0.6) is 0 Å². The smallest absolute Gasteiger partial charge is 0.251 e. The number of hydrogen-bond acceptors (Lipinski definition) is 4. The van der Waals surface area contributed by atoms with Crippen LogP contribution in [0.25, 0.3) is 0 Å². The van der Waals surface area contributed by atoms with E-state index in [9.17, 15) is 9.59 Å². The van der Waals surface area contributed by atoms with E-state index < -0.39 is 6.04 Å². The Balaban J connectivity index is 1.71. The first kappa shape index (κ1) is 17.1. The molecule has 0 bridgehead atoms. The first-order valence-corrected chi connectivity index (χ1v) is 8.35. The molecule has 25 heavy (non-hydrogen) atoms. The van der Waals surface area contributed by atoms with Gasteiger partial charge in [0, 0.05) is 31.0 Å². The summed E-state index contributed by atoms with van der Waals surface area (Å²) >= 11 is 0. The van der Waals surface area contributed by atoms with Crippen molar-refractivity contribution < 1.29 is 14.3 Å². The normalized spacial score (nSPS) is 17.7. The van der Waals surface area contributed by atoms with E-state index in [1.54, 1.807) is 36.7 Å². The minimum absolute atomic E-state index is 0.00229. The molecule has 6 heteroatoms. The van der Waals surface area contributed by atoms with Crippen molar-refractivity contribution >= 4 is 11.8 Å². The lowest BCUT2D eigenvalue weighted by atomic mass is 10.1. The summed E-state index contributed by atoms with van der Waals surface area (Å²) in [5, 5.41) is 5.79. The van der Waals surface area contributed by atoms with E-state index in [2.05, 4.69) is 15.6 Å². The van der Waals surface area contributed by atoms with Crippen molar-refractivity contribution in [3.63, 3.8) is 0 Å². The fraction of sp³-hybridized carbons (Fsp3) is 0.316. The van der Waals surface area contributed by atoms with Gasteiger partial charge in [-0.15, -0.1) is 0 Å². The average Bonchev–Trinajstić information content (AvgIpc) is 3.15. The molecule has 0 spiro atoms. The number of ether oxygens (including phenoxy) is 1. The number of pyridine rings is 1. The minimum Gasteiger partial charge on any atom is -0.379 e. The van der Waals surface area contributed by atoms with Crippen LogP contribution in [0, 0.1) is 0 Å². The van der Waals surface area contributed by atoms with Crippen molar-refractivity contribution in [3.05, 3.63) is 66.0 Å². The molecule has 6 nitrogen and oxygen atoms in total. The van der Waals surface area contributed by atoms with Crippen LogP contribution in [0.15, 0.2) is 54.9 Å². The zero-order chi connectivity index (χ0) is 17.5. The molecule has 1 fully saturated rings. The Morgan fingerprint density at radius 2 is 2.04 bits per heavy atom. The largest absolute Gasteiger partial charge is 0.379 e. The average molecular weight is 339 g/mol. The van der Waals surface area contributed by atoms with Gasteiger partial charge in [0.2, 0.25) is 5.91 Å². The first-order chi connectivity index (χ1) is 12.2.